The fraction of sp³-hybridized carbons (Fsp3) is 0.167. The number of aryl methyl sites for hydroxylation is 1. The van der Waals surface area contributed by atoms with Crippen LogP contribution in [0.2, 0.25) is 5.02 Å². The van der Waals surface area contributed by atoms with E-state index in [1.807, 2.05) is 0 Å². The fourth-order valence-electron chi connectivity index (χ4n) is 1.45. The summed E-state index contributed by atoms with van der Waals surface area (Å²) in [5.41, 5.74) is 1.10. The maximum atomic E-state index is 11.9. The second-order valence-electron chi connectivity index (χ2n) is 3.71. The molecule has 94 valence electrons. The highest BCUT2D eigenvalue weighted by atomic mass is 79.9. The molecule has 18 heavy (non-hydrogen) atoms. The van der Waals surface area contributed by atoms with Crippen molar-refractivity contribution in [3.8, 4) is 0 Å². The van der Waals surface area contributed by atoms with E-state index in [1.165, 1.54) is 0 Å². The SMILES string of the molecule is Cc1cc(CNC(=O)c2cccc(Br)c2Cl)no1. The summed E-state index contributed by atoms with van der Waals surface area (Å²) in [6.45, 7) is 2.10. The lowest BCUT2D eigenvalue weighted by molar-refractivity contribution is 0.0950. The van der Waals surface area contributed by atoms with Gasteiger partial charge in [-0.3, -0.25) is 4.79 Å². The Balaban J connectivity index is 2.06. The number of nitrogens with one attached hydrogen (secondary N) is 1. The van der Waals surface area contributed by atoms with Gasteiger partial charge in [-0.05, 0) is 35.0 Å². The molecular formula is C12H10BrClN2O2. The molecule has 6 heteroatoms. The maximum absolute atomic E-state index is 11.9. The second kappa shape index (κ2) is 5.54. The van der Waals surface area contributed by atoms with Crippen LogP contribution in [0.15, 0.2) is 33.3 Å². The van der Waals surface area contributed by atoms with Crippen LogP contribution < -0.4 is 5.32 Å². The van der Waals surface area contributed by atoms with Gasteiger partial charge in [0.2, 0.25) is 0 Å². The molecule has 0 aliphatic rings. The number of nitrogens with zero attached hydrogens (tertiary/aromatic N) is 1. The van der Waals surface area contributed by atoms with Crippen molar-refractivity contribution in [2.24, 2.45) is 0 Å². The molecule has 0 fully saturated rings. The molecule has 0 bridgehead atoms. The number of aromatic nitrogens is 1. The Kier molecular flexibility index (Phi) is 4.04. The predicted octanol–water partition coefficient (Wildman–Crippen LogP) is 3.33. The van der Waals surface area contributed by atoms with E-state index in [1.54, 1.807) is 31.2 Å². The van der Waals surface area contributed by atoms with E-state index in [2.05, 4.69) is 26.4 Å². The molecule has 0 aliphatic carbocycles. The van der Waals surface area contributed by atoms with Gasteiger partial charge in [-0.2, -0.15) is 0 Å². The first-order valence-electron chi connectivity index (χ1n) is 5.22. The van der Waals surface area contributed by atoms with Crippen molar-refractivity contribution in [1.29, 1.82) is 0 Å². The Morgan fingerprint density at radius 1 is 1.56 bits per heavy atom. The Hall–Kier alpha value is -1.33. The summed E-state index contributed by atoms with van der Waals surface area (Å²) < 4.78 is 5.60. The number of carbonyl (C=O) groups is 1. The summed E-state index contributed by atoms with van der Waals surface area (Å²) in [5.74, 6) is 0.460. The normalized spacial score (nSPS) is 10.4. The maximum Gasteiger partial charge on any atom is 0.253 e. The first-order valence-corrected chi connectivity index (χ1v) is 6.39. The van der Waals surface area contributed by atoms with Gasteiger partial charge in [-0.1, -0.05) is 22.8 Å². The van der Waals surface area contributed by atoms with Crippen LogP contribution in [0.25, 0.3) is 0 Å². The molecule has 4 nitrogen and oxygen atoms in total. The lowest BCUT2D eigenvalue weighted by Crippen LogP contribution is -2.23. The van der Waals surface area contributed by atoms with Gasteiger partial charge in [0.1, 0.15) is 11.5 Å². The highest BCUT2D eigenvalue weighted by molar-refractivity contribution is 9.10. The molecular weight excluding hydrogens is 320 g/mol. The Morgan fingerprint density at radius 2 is 2.33 bits per heavy atom. The van der Waals surface area contributed by atoms with Crippen LogP contribution in [0.5, 0.6) is 0 Å². The van der Waals surface area contributed by atoms with Gasteiger partial charge >= 0.3 is 0 Å². The first kappa shape index (κ1) is 13.1. The van der Waals surface area contributed by atoms with Crippen LogP contribution in [0.3, 0.4) is 0 Å². The zero-order valence-corrected chi connectivity index (χ0v) is 11.9. The average Bonchev–Trinajstić information content (AvgIpc) is 2.76. The van der Waals surface area contributed by atoms with Gasteiger partial charge in [-0.15, -0.1) is 0 Å². The number of benzene rings is 1. The van der Waals surface area contributed by atoms with Crippen LogP contribution in [0, 0.1) is 6.92 Å². The average molecular weight is 330 g/mol. The van der Waals surface area contributed by atoms with E-state index < -0.39 is 0 Å². The number of hydrogen-bond donors (Lipinski definition) is 1. The van der Waals surface area contributed by atoms with Gasteiger partial charge in [-0.25, -0.2) is 0 Å². The van der Waals surface area contributed by atoms with E-state index in [9.17, 15) is 4.79 Å². The summed E-state index contributed by atoms with van der Waals surface area (Å²) in [7, 11) is 0. The largest absolute Gasteiger partial charge is 0.361 e. The summed E-state index contributed by atoms with van der Waals surface area (Å²) in [6, 6.07) is 6.96. The third-order valence-electron chi connectivity index (χ3n) is 2.30. The van der Waals surface area contributed by atoms with Crippen molar-refractivity contribution in [2.75, 3.05) is 0 Å². The zero-order chi connectivity index (χ0) is 13.1. The highest BCUT2D eigenvalue weighted by Crippen LogP contribution is 2.25. The molecule has 0 saturated heterocycles. The van der Waals surface area contributed by atoms with Gasteiger partial charge in [0.25, 0.3) is 5.91 Å². The van der Waals surface area contributed by atoms with Crippen LogP contribution >= 0.6 is 27.5 Å². The van der Waals surface area contributed by atoms with E-state index in [0.29, 0.717) is 33.1 Å². The van der Waals surface area contributed by atoms with Gasteiger partial charge in [0.05, 0.1) is 17.1 Å². The molecule has 2 aromatic rings. The molecule has 2 rings (SSSR count). The van der Waals surface area contributed by atoms with Crippen molar-refractivity contribution in [2.45, 2.75) is 13.5 Å². The third kappa shape index (κ3) is 2.91. The summed E-state index contributed by atoms with van der Waals surface area (Å²) in [5, 5.41) is 6.91. The van der Waals surface area contributed by atoms with E-state index in [4.69, 9.17) is 16.1 Å². The molecule has 1 amide bonds. The van der Waals surface area contributed by atoms with Crippen LogP contribution in [-0.4, -0.2) is 11.1 Å². The predicted molar refractivity (Wildman–Crippen MR) is 71.6 cm³/mol. The first-order chi connectivity index (χ1) is 8.58. The lowest BCUT2D eigenvalue weighted by atomic mass is 10.2. The summed E-state index contributed by atoms with van der Waals surface area (Å²) in [6.07, 6.45) is 0. The quantitative estimate of drug-likeness (QED) is 0.939. The molecule has 0 atom stereocenters. The number of rotatable bonds is 3. The standard InChI is InChI=1S/C12H10BrClN2O2/c1-7-5-8(16-18-7)6-15-12(17)9-3-2-4-10(13)11(9)14/h2-5H,6H2,1H3,(H,15,17). The van der Waals surface area contributed by atoms with Crippen molar-refractivity contribution in [3.63, 3.8) is 0 Å². The Labute approximate surface area is 117 Å². The van der Waals surface area contributed by atoms with Crippen LogP contribution in [-0.2, 0) is 6.54 Å². The van der Waals surface area contributed by atoms with E-state index in [-0.39, 0.29) is 5.91 Å². The van der Waals surface area contributed by atoms with Gasteiger partial charge in [0, 0.05) is 10.5 Å². The highest BCUT2D eigenvalue weighted by Gasteiger charge is 2.12. The minimum Gasteiger partial charge on any atom is -0.361 e. The Morgan fingerprint density at radius 3 is 3.00 bits per heavy atom. The fourth-order valence-corrected chi connectivity index (χ4v) is 2.02. The summed E-state index contributed by atoms with van der Waals surface area (Å²) >= 11 is 9.31. The molecule has 0 radical (unpaired) electrons. The lowest BCUT2D eigenvalue weighted by Gasteiger charge is -2.06. The second-order valence-corrected chi connectivity index (χ2v) is 4.95. The number of halogens is 2. The molecule has 1 N–H and O–H groups in total. The molecule has 0 spiro atoms. The van der Waals surface area contributed by atoms with Crippen LogP contribution in [0.4, 0.5) is 0 Å². The van der Waals surface area contributed by atoms with Crippen LogP contribution in [0.1, 0.15) is 21.8 Å². The van der Waals surface area contributed by atoms with Crippen molar-refractivity contribution in [1.82, 2.24) is 10.5 Å². The number of carbonyl (C=O) groups excluding carboxylic acids is 1. The molecule has 1 heterocycles. The van der Waals surface area contributed by atoms with E-state index >= 15 is 0 Å². The molecule has 0 saturated carbocycles. The minimum absolute atomic E-state index is 0.248. The monoisotopic (exact) mass is 328 g/mol. The van der Waals surface area contributed by atoms with E-state index in [0.717, 1.165) is 0 Å². The number of amides is 1. The van der Waals surface area contributed by atoms with Crippen molar-refractivity contribution >= 4 is 33.4 Å². The molecule has 1 aromatic carbocycles. The molecule has 1 aromatic heterocycles. The van der Waals surface area contributed by atoms with Crippen molar-refractivity contribution in [3.05, 3.63) is 50.8 Å². The zero-order valence-electron chi connectivity index (χ0n) is 9.54. The Bertz CT molecular complexity index is 583. The smallest absolute Gasteiger partial charge is 0.253 e. The summed E-state index contributed by atoms with van der Waals surface area (Å²) in [4.78, 5) is 11.9. The van der Waals surface area contributed by atoms with Gasteiger partial charge < -0.3 is 9.84 Å². The molecule has 0 unspecified atom stereocenters. The van der Waals surface area contributed by atoms with Crippen molar-refractivity contribution < 1.29 is 9.32 Å². The van der Waals surface area contributed by atoms with Gasteiger partial charge in [0.15, 0.2) is 0 Å². The number of hydrogen-bond acceptors (Lipinski definition) is 3. The minimum atomic E-state index is -0.248. The topological polar surface area (TPSA) is 55.1 Å². The third-order valence-corrected chi connectivity index (χ3v) is 3.60. The molecule has 0 aliphatic heterocycles.